The largest absolute Gasteiger partial charge is 0.481 e. The Morgan fingerprint density at radius 1 is 1.43 bits per heavy atom. The monoisotopic (exact) mass is 397 g/mol. The predicted molar refractivity (Wildman–Crippen MR) is 87.2 cm³/mol. The zero-order chi connectivity index (χ0) is 16.4. The molecule has 0 spiro atoms. The van der Waals surface area contributed by atoms with E-state index in [0.29, 0.717) is 34.7 Å². The summed E-state index contributed by atoms with van der Waals surface area (Å²) in [5.74, 6) is 1.26. The van der Waals surface area contributed by atoms with Crippen LogP contribution in [0.2, 0.25) is 5.02 Å². The zero-order valence-corrected chi connectivity index (χ0v) is 14.7. The molecule has 1 atom stereocenters. The van der Waals surface area contributed by atoms with Gasteiger partial charge in [-0.15, -0.1) is 5.10 Å². The Morgan fingerprint density at radius 3 is 2.96 bits per heavy atom. The number of halogens is 2. The predicted octanol–water partition coefficient (Wildman–Crippen LogP) is 3.90. The molecule has 1 aromatic carbocycles. The second-order valence-electron chi connectivity index (χ2n) is 4.71. The number of aromatic nitrogens is 5. The lowest BCUT2D eigenvalue weighted by molar-refractivity contribution is 0.211. The van der Waals surface area contributed by atoms with Gasteiger partial charge in [0, 0.05) is 4.47 Å². The van der Waals surface area contributed by atoms with Gasteiger partial charge in [-0.2, -0.15) is 14.9 Å². The van der Waals surface area contributed by atoms with Crippen LogP contribution in [-0.2, 0) is 6.54 Å². The molecule has 0 bridgehead atoms. The second-order valence-corrected chi connectivity index (χ2v) is 6.03. The number of ether oxygens (including phenoxy) is 1. The zero-order valence-electron chi connectivity index (χ0n) is 12.4. The van der Waals surface area contributed by atoms with E-state index >= 15 is 0 Å². The number of nitrogens with zero attached hydrogens (tertiary/aromatic N) is 5. The number of rotatable bonds is 5. The fraction of sp³-hybridized carbons (Fsp3) is 0.286. The van der Waals surface area contributed by atoms with Gasteiger partial charge in [-0.3, -0.25) is 0 Å². The van der Waals surface area contributed by atoms with Crippen molar-refractivity contribution in [1.82, 2.24) is 25.1 Å². The molecule has 0 radical (unpaired) electrons. The van der Waals surface area contributed by atoms with Crippen LogP contribution in [0.1, 0.15) is 25.8 Å². The van der Waals surface area contributed by atoms with Crippen molar-refractivity contribution in [2.24, 2.45) is 0 Å². The van der Waals surface area contributed by atoms with Gasteiger partial charge in [0.1, 0.15) is 5.75 Å². The van der Waals surface area contributed by atoms with Gasteiger partial charge in [0.15, 0.2) is 11.8 Å². The molecule has 0 saturated carbocycles. The summed E-state index contributed by atoms with van der Waals surface area (Å²) in [6.07, 6.45) is 1.16. The SMILES string of the molecule is CCn1ncc(-c2nc(C(C)Oc3ccc(Br)cc3Cl)no2)n1. The van der Waals surface area contributed by atoms with Crippen LogP contribution in [0.25, 0.3) is 11.6 Å². The van der Waals surface area contributed by atoms with E-state index in [1.807, 2.05) is 19.9 Å². The molecule has 2 heterocycles. The van der Waals surface area contributed by atoms with E-state index in [2.05, 4.69) is 36.3 Å². The molecule has 0 aliphatic carbocycles. The fourth-order valence-corrected chi connectivity index (χ4v) is 2.58. The van der Waals surface area contributed by atoms with Gasteiger partial charge in [-0.1, -0.05) is 32.7 Å². The average molecular weight is 399 g/mol. The third-order valence-electron chi connectivity index (χ3n) is 3.04. The third-order valence-corrected chi connectivity index (χ3v) is 3.83. The number of benzene rings is 1. The van der Waals surface area contributed by atoms with Crippen molar-refractivity contribution in [3.63, 3.8) is 0 Å². The van der Waals surface area contributed by atoms with Crippen LogP contribution >= 0.6 is 27.5 Å². The summed E-state index contributed by atoms with van der Waals surface area (Å²) in [6, 6.07) is 5.38. The average Bonchev–Trinajstić information content (AvgIpc) is 3.18. The lowest BCUT2D eigenvalue weighted by Crippen LogP contribution is -2.05. The summed E-state index contributed by atoms with van der Waals surface area (Å²) >= 11 is 9.49. The number of hydrogen-bond donors (Lipinski definition) is 0. The van der Waals surface area contributed by atoms with Gasteiger partial charge >= 0.3 is 0 Å². The highest BCUT2D eigenvalue weighted by molar-refractivity contribution is 9.10. The molecule has 1 unspecified atom stereocenters. The molecule has 3 aromatic rings. The summed E-state index contributed by atoms with van der Waals surface area (Å²) < 4.78 is 11.9. The van der Waals surface area contributed by atoms with E-state index in [1.54, 1.807) is 23.1 Å². The van der Waals surface area contributed by atoms with Gasteiger partial charge in [-0.05, 0) is 32.0 Å². The molecule has 0 amide bonds. The van der Waals surface area contributed by atoms with E-state index in [1.165, 1.54) is 0 Å². The molecule has 0 saturated heterocycles. The Balaban J connectivity index is 1.76. The maximum absolute atomic E-state index is 6.14. The van der Waals surface area contributed by atoms with Crippen LogP contribution in [0.4, 0.5) is 0 Å². The van der Waals surface area contributed by atoms with Gasteiger partial charge in [-0.25, -0.2) is 0 Å². The summed E-state index contributed by atoms with van der Waals surface area (Å²) in [7, 11) is 0. The first-order valence-corrected chi connectivity index (χ1v) is 8.09. The van der Waals surface area contributed by atoms with Crippen LogP contribution in [0.3, 0.4) is 0 Å². The normalized spacial score (nSPS) is 12.3. The molecule has 2 aromatic heterocycles. The Labute approximate surface area is 145 Å². The summed E-state index contributed by atoms with van der Waals surface area (Å²) in [5.41, 5.74) is 0.527. The lowest BCUT2D eigenvalue weighted by Gasteiger charge is -2.12. The van der Waals surface area contributed by atoms with Crippen molar-refractivity contribution >= 4 is 27.5 Å². The highest BCUT2D eigenvalue weighted by atomic mass is 79.9. The van der Waals surface area contributed by atoms with Crippen LogP contribution < -0.4 is 4.74 Å². The molecule has 0 aliphatic heterocycles. The van der Waals surface area contributed by atoms with E-state index in [4.69, 9.17) is 20.9 Å². The molecule has 23 heavy (non-hydrogen) atoms. The Morgan fingerprint density at radius 2 is 2.26 bits per heavy atom. The van der Waals surface area contributed by atoms with Gasteiger partial charge in [0.25, 0.3) is 5.89 Å². The summed E-state index contributed by atoms with van der Waals surface area (Å²) in [4.78, 5) is 5.84. The molecule has 120 valence electrons. The van der Waals surface area contributed by atoms with Crippen LogP contribution in [-0.4, -0.2) is 25.1 Å². The highest BCUT2D eigenvalue weighted by Crippen LogP contribution is 2.31. The van der Waals surface area contributed by atoms with Gasteiger partial charge in [0.05, 0.1) is 17.8 Å². The molecule has 9 heteroatoms. The van der Waals surface area contributed by atoms with Crippen molar-refractivity contribution in [3.8, 4) is 17.3 Å². The van der Waals surface area contributed by atoms with E-state index in [9.17, 15) is 0 Å². The Hall–Kier alpha value is -1.93. The van der Waals surface area contributed by atoms with E-state index in [0.717, 1.165) is 4.47 Å². The number of hydrogen-bond acceptors (Lipinski definition) is 6. The topological polar surface area (TPSA) is 78.9 Å². The summed E-state index contributed by atoms with van der Waals surface area (Å²) in [6.45, 7) is 4.43. The minimum Gasteiger partial charge on any atom is -0.481 e. The Bertz CT molecular complexity index is 819. The quantitative estimate of drug-likeness (QED) is 0.648. The second kappa shape index (κ2) is 6.67. The fourth-order valence-electron chi connectivity index (χ4n) is 1.87. The highest BCUT2D eigenvalue weighted by Gasteiger charge is 2.19. The number of aryl methyl sites for hydroxylation is 1. The maximum Gasteiger partial charge on any atom is 0.280 e. The van der Waals surface area contributed by atoms with Gasteiger partial charge in [0.2, 0.25) is 5.82 Å². The van der Waals surface area contributed by atoms with Crippen LogP contribution in [0.15, 0.2) is 33.4 Å². The van der Waals surface area contributed by atoms with E-state index in [-0.39, 0.29) is 0 Å². The molecular formula is C14H13BrClN5O2. The standard InChI is InChI=1S/C14H13BrClN5O2/c1-3-21-17-7-11(19-21)14-18-13(20-23-14)8(2)22-12-5-4-9(15)6-10(12)16/h4-8H,3H2,1-2H3. The van der Waals surface area contributed by atoms with Crippen molar-refractivity contribution in [3.05, 3.63) is 39.7 Å². The molecule has 3 rings (SSSR count). The van der Waals surface area contributed by atoms with Crippen LogP contribution in [0, 0.1) is 0 Å². The molecule has 0 N–H and O–H groups in total. The smallest absolute Gasteiger partial charge is 0.280 e. The van der Waals surface area contributed by atoms with Gasteiger partial charge < -0.3 is 9.26 Å². The lowest BCUT2D eigenvalue weighted by atomic mass is 10.3. The first-order chi connectivity index (χ1) is 11.1. The van der Waals surface area contributed by atoms with Crippen LogP contribution in [0.5, 0.6) is 5.75 Å². The molecule has 0 aliphatic rings. The van der Waals surface area contributed by atoms with Crippen molar-refractivity contribution < 1.29 is 9.26 Å². The maximum atomic E-state index is 6.14. The minimum atomic E-state index is -0.424. The third kappa shape index (κ3) is 3.53. The first kappa shape index (κ1) is 15.9. The van der Waals surface area contributed by atoms with Crippen molar-refractivity contribution in [2.45, 2.75) is 26.5 Å². The minimum absolute atomic E-state index is 0.303. The van der Waals surface area contributed by atoms with Crippen molar-refractivity contribution in [2.75, 3.05) is 0 Å². The summed E-state index contributed by atoms with van der Waals surface area (Å²) in [5, 5.41) is 12.7. The molecular weight excluding hydrogens is 386 g/mol. The van der Waals surface area contributed by atoms with E-state index < -0.39 is 6.10 Å². The first-order valence-electron chi connectivity index (χ1n) is 6.92. The Kier molecular flexibility index (Phi) is 4.63. The van der Waals surface area contributed by atoms with Crippen molar-refractivity contribution in [1.29, 1.82) is 0 Å². The molecule has 7 nitrogen and oxygen atoms in total. The molecule has 0 fully saturated rings.